The van der Waals surface area contributed by atoms with Gasteiger partial charge in [0.15, 0.2) is 6.04 Å². The summed E-state index contributed by atoms with van der Waals surface area (Å²) in [5.74, 6) is -0.231. The number of rotatable bonds is 4. The number of nitrogens with one attached hydrogen (secondary N) is 1. The van der Waals surface area contributed by atoms with E-state index in [9.17, 15) is 9.59 Å². The van der Waals surface area contributed by atoms with Crippen LogP contribution < -0.4 is 5.32 Å². The van der Waals surface area contributed by atoms with Crippen LogP contribution in [0, 0.1) is 0 Å². The van der Waals surface area contributed by atoms with Gasteiger partial charge in [0.25, 0.3) is 0 Å². The Morgan fingerprint density at radius 2 is 2.35 bits per heavy atom. The van der Waals surface area contributed by atoms with Gasteiger partial charge in [-0.15, -0.1) is 0 Å². The molecule has 0 aromatic heterocycles. The number of hydrogen-bond donors (Lipinski definition) is 2. The molecule has 0 spiro atoms. The first-order chi connectivity index (χ1) is 8.06. The molecule has 1 heterocycles. The zero-order valence-corrected chi connectivity index (χ0v) is 10.8. The summed E-state index contributed by atoms with van der Waals surface area (Å²) < 4.78 is 5.07. The number of amides is 2. The van der Waals surface area contributed by atoms with Gasteiger partial charge in [0.05, 0.1) is 13.2 Å². The fourth-order valence-electron chi connectivity index (χ4n) is 1.64. The largest absolute Gasteiger partial charge is 0.480 e. The van der Waals surface area contributed by atoms with Crippen LogP contribution in [0.2, 0.25) is 0 Å². The van der Waals surface area contributed by atoms with E-state index >= 15 is 0 Å². The van der Waals surface area contributed by atoms with Crippen molar-refractivity contribution in [3.8, 4) is 0 Å². The summed E-state index contributed by atoms with van der Waals surface area (Å²) in [6, 6.07) is -1.19. The van der Waals surface area contributed by atoms with Crippen LogP contribution in [0.1, 0.15) is 6.92 Å². The molecule has 0 saturated carbocycles. The normalized spacial score (nSPS) is 22.0. The molecule has 0 aromatic rings. The number of thioether (sulfide) groups is 1. The van der Waals surface area contributed by atoms with Crippen molar-refractivity contribution in [2.45, 2.75) is 19.0 Å². The summed E-state index contributed by atoms with van der Waals surface area (Å²) >= 11 is 1.63. The molecule has 2 atom stereocenters. The first-order valence-corrected chi connectivity index (χ1v) is 6.82. The van der Waals surface area contributed by atoms with Crippen LogP contribution >= 0.6 is 11.8 Å². The average Bonchev–Trinajstić information content (AvgIpc) is 2.29. The Balaban J connectivity index is 2.56. The zero-order valence-electron chi connectivity index (χ0n) is 10.0. The highest BCUT2D eigenvalue weighted by atomic mass is 32.2. The molecular weight excluding hydrogens is 244 g/mol. The standard InChI is InChI=1S/C10H18N2O4S/c1-7(6-17-2)11-10(15)12-3-4-16-5-8(12)9(13)14/h7-8H,3-6H2,1-2H3,(H,11,15)(H,13,14). The number of carbonyl (C=O) groups excluding carboxylic acids is 1. The Morgan fingerprint density at radius 1 is 1.65 bits per heavy atom. The van der Waals surface area contributed by atoms with Gasteiger partial charge in [-0.2, -0.15) is 11.8 Å². The molecule has 6 nitrogen and oxygen atoms in total. The van der Waals surface area contributed by atoms with Crippen molar-refractivity contribution in [2.24, 2.45) is 0 Å². The monoisotopic (exact) mass is 262 g/mol. The number of ether oxygens (including phenoxy) is 1. The van der Waals surface area contributed by atoms with Gasteiger partial charge in [-0.25, -0.2) is 9.59 Å². The quantitative estimate of drug-likeness (QED) is 0.758. The minimum Gasteiger partial charge on any atom is -0.480 e. The van der Waals surface area contributed by atoms with E-state index in [1.54, 1.807) is 11.8 Å². The summed E-state index contributed by atoms with van der Waals surface area (Å²) in [5.41, 5.74) is 0. The van der Waals surface area contributed by atoms with Crippen LogP contribution in [-0.4, -0.2) is 65.9 Å². The van der Waals surface area contributed by atoms with E-state index in [1.807, 2.05) is 13.2 Å². The van der Waals surface area contributed by atoms with Gasteiger partial charge < -0.3 is 20.1 Å². The smallest absolute Gasteiger partial charge is 0.328 e. The van der Waals surface area contributed by atoms with E-state index in [2.05, 4.69) is 5.32 Å². The highest BCUT2D eigenvalue weighted by Gasteiger charge is 2.33. The van der Waals surface area contributed by atoms with Crippen molar-refractivity contribution in [3.05, 3.63) is 0 Å². The third-order valence-corrected chi connectivity index (χ3v) is 3.29. The van der Waals surface area contributed by atoms with Crippen molar-refractivity contribution in [1.29, 1.82) is 0 Å². The number of nitrogens with zero attached hydrogens (tertiary/aromatic N) is 1. The lowest BCUT2D eigenvalue weighted by Crippen LogP contribution is -2.57. The second-order valence-corrected chi connectivity index (χ2v) is 4.84. The number of carbonyl (C=O) groups is 2. The highest BCUT2D eigenvalue weighted by Crippen LogP contribution is 2.08. The van der Waals surface area contributed by atoms with Gasteiger partial charge >= 0.3 is 12.0 Å². The number of urea groups is 1. The maximum absolute atomic E-state index is 11.9. The summed E-state index contributed by atoms with van der Waals surface area (Å²) in [7, 11) is 0. The van der Waals surface area contributed by atoms with Gasteiger partial charge in [-0.3, -0.25) is 0 Å². The van der Waals surface area contributed by atoms with Crippen LogP contribution in [0.25, 0.3) is 0 Å². The number of hydrogen-bond acceptors (Lipinski definition) is 4. The lowest BCUT2D eigenvalue weighted by Gasteiger charge is -2.33. The molecule has 0 aromatic carbocycles. The highest BCUT2D eigenvalue weighted by molar-refractivity contribution is 7.98. The Morgan fingerprint density at radius 3 is 2.94 bits per heavy atom. The molecule has 17 heavy (non-hydrogen) atoms. The molecule has 2 N–H and O–H groups in total. The second-order valence-electron chi connectivity index (χ2n) is 3.93. The van der Waals surface area contributed by atoms with Gasteiger partial charge in [0.2, 0.25) is 0 Å². The third kappa shape index (κ3) is 4.08. The maximum Gasteiger partial charge on any atom is 0.328 e. The van der Waals surface area contributed by atoms with Crippen LogP contribution in [0.5, 0.6) is 0 Å². The molecule has 1 aliphatic heterocycles. The van der Waals surface area contributed by atoms with E-state index in [-0.39, 0.29) is 18.7 Å². The van der Waals surface area contributed by atoms with Crippen LogP contribution in [-0.2, 0) is 9.53 Å². The second kappa shape index (κ2) is 6.70. The number of morpholine rings is 1. The molecule has 0 radical (unpaired) electrons. The van der Waals surface area contributed by atoms with E-state index in [4.69, 9.17) is 9.84 Å². The van der Waals surface area contributed by atoms with Gasteiger partial charge in [0, 0.05) is 18.3 Å². The fraction of sp³-hybridized carbons (Fsp3) is 0.800. The SMILES string of the molecule is CSCC(C)NC(=O)N1CCOCC1C(=O)O. The minimum atomic E-state index is -1.03. The first kappa shape index (κ1) is 14.1. The summed E-state index contributed by atoms with van der Waals surface area (Å²) in [6.45, 7) is 2.65. The maximum atomic E-state index is 11.9. The molecule has 2 amide bonds. The van der Waals surface area contributed by atoms with Gasteiger partial charge in [-0.1, -0.05) is 0 Å². The summed E-state index contributed by atoms with van der Waals surface area (Å²) in [5, 5.41) is 11.8. The lowest BCUT2D eigenvalue weighted by molar-refractivity contribution is -0.147. The predicted octanol–water partition coefficient (Wildman–Crippen LogP) is 0.233. The zero-order chi connectivity index (χ0) is 12.8. The molecule has 0 bridgehead atoms. The van der Waals surface area contributed by atoms with Gasteiger partial charge in [-0.05, 0) is 13.2 Å². The van der Waals surface area contributed by atoms with Crippen molar-refractivity contribution in [1.82, 2.24) is 10.2 Å². The van der Waals surface area contributed by atoms with E-state index in [0.29, 0.717) is 13.2 Å². The molecule has 0 aliphatic carbocycles. The van der Waals surface area contributed by atoms with Crippen LogP contribution in [0.3, 0.4) is 0 Å². The number of aliphatic carboxylic acids is 1. The molecule has 7 heteroatoms. The number of carboxylic acid groups (broad SMARTS) is 1. The minimum absolute atomic E-state index is 0.0230. The molecule has 1 fully saturated rings. The van der Waals surface area contributed by atoms with Crippen LogP contribution in [0.15, 0.2) is 0 Å². The van der Waals surface area contributed by atoms with E-state index in [0.717, 1.165) is 5.75 Å². The van der Waals surface area contributed by atoms with Crippen LogP contribution in [0.4, 0.5) is 4.79 Å². The topological polar surface area (TPSA) is 78.9 Å². The van der Waals surface area contributed by atoms with Crippen molar-refractivity contribution >= 4 is 23.8 Å². The lowest BCUT2D eigenvalue weighted by atomic mass is 10.2. The average molecular weight is 262 g/mol. The Labute approximate surface area is 105 Å². The molecular formula is C10H18N2O4S. The molecule has 2 unspecified atom stereocenters. The Hall–Kier alpha value is -0.950. The predicted molar refractivity (Wildman–Crippen MR) is 65.3 cm³/mol. The molecule has 1 saturated heterocycles. The molecule has 1 aliphatic rings. The summed E-state index contributed by atoms with van der Waals surface area (Å²) in [6.07, 6.45) is 1.96. The first-order valence-electron chi connectivity index (χ1n) is 5.43. The molecule has 1 rings (SSSR count). The molecule has 98 valence electrons. The van der Waals surface area contributed by atoms with Crippen molar-refractivity contribution < 1.29 is 19.4 Å². The Bertz CT molecular complexity index is 287. The van der Waals surface area contributed by atoms with E-state index < -0.39 is 12.0 Å². The van der Waals surface area contributed by atoms with Gasteiger partial charge in [0.1, 0.15) is 0 Å². The van der Waals surface area contributed by atoms with Crippen molar-refractivity contribution in [2.75, 3.05) is 31.8 Å². The Kier molecular flexibility index (Phi) is 5.57. The fourth-order valence-corrected chi connectivity index (χ4v) is 2.22. The van der Waals surface area contributed by atoms with Crippen molar-refractivity contribution in [3.63, 3.8) is 0 Å². The third-order valence-electron chi connectivity index (χ3n) is 2.46. The number of carboxylic acids is 1. The van der Waals surface area contributed by atoms with E-state index in [1.165, 1.54) is 4.90 Å². The summed E-state index contributed by atoms with van der Waals surface area (Å²) in [4.78, 5) is 24.2.